The number of carbonyl (C=O) groups is 2. The largest absolute Gasteiger partial charge is 0.378 e. The van der Waals surface area contributed by atoms with Crippen molar-refractivity contribution in [1.29, 1.82) is 0 Å². The Kier molecular flexibility index (Phi) is 5.79. The van der Waals surface area contributed by atoms with Crippen LogP contribution in [0.1, 0.15) is 24.5 Å². The summed E-state index contributed by atoms with van der Waals surface area (Å²) in [6, 6.07) is 16.1. The van der Waals surface area contributed by atoms with Crippen molar-refractivity contribution in [3.63, 3.8) is 0 Å². The normalized spacial score (nSPS) is 16.5. The first-order valence-electron chi connectivity index (χ1n) is 9.41. The van der Waals surface area contributed by atoms with Crippen LogP contribution in [0.4, 0.5) is 11.4 Å². The highest BCUT2D eigenvalue weighted by atomic mass is 16.2. The average Bonchev–Trinajstić information content (AvgIpc) is 3.08. The van der Waals surface area contributed by atoms with E-state index < -0.39 is 0 Å². The van der Waals surface area contributed by atoms with Gasteiger partial charge in [0, 0.05) is 45.0 Å². The maximum Gasteiger partial charge on any atom is 0.227 e. The molecule has 0 bridgehead atoms. The van der Waals surface area contributed by atoms with Crippen molar-refractivity contribution >= 4 is 23.2 Å². The third-order valence-corrected chi connectivity index (χ3v) is 5.07. The zero-order valence-corrected chi connectivity index (χ0v) is 16.2. The average molecular weight is 365 g/mol. The fourth-order valence-electron chi connectivity index (χ4n) is 3.29. The molecule has 0 radical (unpaired) electrons. The van der Waals surface area contributed by atoms with Gasteiger partial charge in [-0.1, -0.05) is 31.2 Å². The number of hydrogen-bond donors (Lipinski definition) is 1. The monoisotopic (exact) mass is 365 g/mol. The van der Waals surface area contributed by atoms with E-state index in [1.54, 1.807) is 4.90 Å². The molecule has 1 saturated heterocycles. The van der Waals surface area contributed by atoms with E-state index in [-0.39, 0.29) is 24.2 Å². The molecular formula is C22H27N3O2. The molecule has 5 heteroatoms. The van der Waals surface area contributed by atoms with E-state index in [9.17, 15) is 9.59 Å². The van der Waals surface area contributed by atoms with Crippen molar-refractivity contribution in [1.82, 2.24) is 5.32 Å². The number of aryl methyl sites for hydroxylation is 1. The molecule has 0 spiro atoms. The van der Waals surface area contributed by atoms with E-state index in [2.05, 4.69) is 12.2 Å². The van der Waals surface area contributed by atoms with E-state index in [0.717, 1.165) is 23.4 Å². The Morgan fingerprint density at radius 1 is 1.07 bits per heavy atom. The molecule has 0 aromatic heterocycles. The Morgan fingerprint density at radius 2 is 1.70 bits per heavy atom. The van der Waals surface area contributed by atoms with Gasteiger partial charge in [-0.25, -0.2) is 0 Å². The summed E-state index contributed by atoms with van der Waals surface area (Å²) in [7, 11) is 3.99. The van der Waals surface area contributed by atoms with Crippen molar-refractivity contribution in [2.24, 2.45) is 5.92 Å². The number of anilines is 2. The number of rotatable bonds is 6. The number of nitrogens with zero attached hydrogens (tertiary/aromatic N) is 2. The van der Waals surface area contributed by atoms with Crippen LogP contribution in [0.5, 0.6) is 0 Å². The SMILES string of the molecule is CCc1ccc(N2C[C@@H](C(=O)NCc3ccc(N(C)C)cc3)CC2=O)cc1. The Bertz CT molecular complexity index is 797. The molecule has 2 aromatic rings. The minimum Gasteiger partial charge on any atom is -0.378 e. The molecule has 0 aliphatic carbocycles. The minimum absolute atomic E-state index is 0.00901. The third kappa shape index (κ3) is 4.48. The third-order valence-electron chi connectivity index (χ3n) is 5.07. The van der Waals surface area contributed by atoms with Crippen molar-refractivity contribution in [2.45, 2.75) is 26.3 Å². The van der Waals surface area contributed by atoms with Gasteiger partial charge in [-0.3, -0.25) is 9.59 Å². The number of hydrogen-bond acceptors (Lipinski definition) is 3. The zero-order valence-electron chi connectivity index (χ0n) is 16.2. The van der Waals surface area contributed by atoms with Crippen LogP contribution in [0.2, 0.25) is 0 Å². The van der Waals surface area contributed by atoms with E-state index in [1.807, 2.05) is 67.5 Å². The van der Waals surface area contributed by atoms with Gasteiger partial charge in [0.05, 0.1) is 5.92 Å². The van der Waals surface area contributed by atoms with Crippen LogP contribution in [0.3, 0.4) is 0 Å². The Labute approximate surface area is 161 Å². The highest BCUT2D eigenvalue weighted by molar-refractivity contribution is 6.00. The lowest BCUT2D eigenvalue weighted by molar-refractivity contribution is -0.126. The lowest BCUT2D eigenvalue weighted by Gasteiger charge is -2.17. The summed E-state index contributed by atoms with van der Waals surface area (Å²) in [5.41, 5.74) is 4.27. The van der Waals surface area contributed by atoms with Crippen LogP contribution < -0.4 is 15.1 Å². The number of benzene rings is 2. The van der Waals surface area contributed by atoms with Gasteiger partial charge >= 0.3 is 0 Å². The summed E-state index contributed by atoms with van der Waals surface area (Å²) in [4.78, 5) is 28.6. The summed E-state index contributed by atoms with van der Waals surface area (Å²) in [6.07, 6.45) is 1.23. The predicted octanol–water partition coefficient (Wildman–Crippen LogP) is 2.98. The number of nitrogens with one attached hydrogen (secondary N) is 1. The molecule has 1 fully saturated rings. The maximum atomic E-state index is 12.5. The van der Waals surface area contributed by atoms with Gasteiger partial charge in [-0.15, -0.1) is 0 Å². The molecule has 5 nitrogen and oxygen atoms in total. The smallest absolute Gasteiger partial charge is 0.227 e. The van der Waals surface area contributed by atoms with Gasteiger partial charge in [0.1, 0.15) is 0 Å². The van der Waals surface area contributed by atoms with Crippen LogP contribution in [0.15, 0.2) is 48.5 Å². The van der Waals surface area contributed by atoms with Crippen molar-refractivity contribution in [3.05, 3.63) is 59.7 Å². The van der Waals surface area contributed by atoms with Crippen LogP contribution in [0, 0.1) is 5.92 Å². The summed E-state index contributed by atoms with van der Waals surface area (Å²) in [5.74, 6) is -0.355. The van der Waals surface area contributed by atoms with Gasteiger partial charge in [0.25, 0.3) is 0 Å². The molecular weight excluding hydrogens is 338 g/mol. The standard InChI is InChI=1S/C22H27N3O2/c1-4-16-5-11-20(12-6-16)25-15-18(13-21(25)26)22(27)23-14-17-7-9-19(10-8-17)24(2)3/h5-12,18H,4,13-15H2,1-3H3,(H,23,27)/t18-/m0/s1. The fourth-order valence-corrected chi connectivity index (χ4v) is 3.29. The molecule has 0 saturated carbocycles. The maximum absolute atomic E-state index is 12.5. The molecule has 142 valence electrons. The quantitative estimate of drug-likeness (QED) is 0.856. The van der Waals surface area contributed by atoms with E-state index in [1.165, 1.54) is 5.56 Å². The van der Waals surface area contributed by atoms with Crippen LogP contribution >= 0.6 is 0 Å². The lowest BCUT2D eigenvalue weighted by atomic mass is 10.1. The fraction of sp³-hybridized carbons (Fsp3) is 0.364. The van der Waals surface area contributed by atoms with Gasteiger partial charge in [0.15, 0.2) is 0 Å². The molecule has 2 aromatic carbocycles. The second-order valence-electron chi connectivity index (χ2n) is 7.20. The van der Waals surface area contributed by atoms with Crippen LogP contribution in [0.25, 0.3) is 0 Å². The van der Waals surface area contributed by atoms with E-state index in [4.69, 9.17) is 0 Å². The molecule has 1 aliphatic heterocycles. The van der Waals surface area contributed by atoms with Gasteiger partial charge < -0.3 is 15.1 Å². The highest BCUT2D eigenvalue weighted by Gasteiger charge is 2.34. The molecule has 1 atom stereocenters. The molecule has 1 N–H and O–H groups in total. The first-order chi connectivity index (χ1) is 13.0. The summed E-state index contributed by atoms with van der Waals surface area (Å²) in [5, 5.41) is 2.97. The number of carbonyl (C=O) groups excluding carboxylic acids is 2. The first kappa shape index (κ1) is 19.0. The molecule has 27 heavy (non-hydrogen) atoms. The summed E-state index contributed by atoms with van der Waals surface area (Å²) in [6.45, 7) is 3.02. The Balaban J connectivity index is 1.56. The topological polar surface area (TPSA) is 52.7 Å². The molecule has 1 heterocycles. The van der Waals surface area contributed by atoms with Crippen molar-refractivity contribution in [3.8, 4) is 0 Å². The highest BCUT2D eigenvalue weighted by Crippen LogP contribution is 2.25. The van der Waals surface area contributed by atoms with Crippen molar-refractivity contribution < 1.29 is 9.59 Å². The Hall–Kier alpha value is -2.82. The Morgan fingerprint density at radius 3 is 2.30 bits per heavy atom. The predicted molar refractivity (Wildman–Crippen MR) is 109 cm³/mol. The lowest BCUT2D eigenvalue weighted by Crippen LogP contribution is -2.32. The van der Waals surface area contributed by atoms with Gasteiger partial charge in [-0.2, -0.15) is 0 Å². The molecule has 3 rings (SSSR count). The summed E-state index contributed by atoms with van der Waals surface area (Å²) >= 11 is 0. The number of amides is 2. The van der Waals surface area contributed by atoms with Crippen LogP contribution in [-0.2, 0) is 22.6 Å². The molecule has 0 unspecified atom stereocenters. The minimum atomic E-state index is -0.301. The second kappa shape index (κ2) is 8.25. The van der Waals surface area contributed by atoms with Crippen molar-refractivity contribution in [2.75, 3.05) is 30.4 Å². The van der Waals surface area contributed by atoms with Gasteiger partial charge in [-0.05, 0) is 41.8 Å². The van der Waals surface area contributed by atoms with E-state index >= 15 is 0 Å². The van der Waals surface area contributed by atoms with E-state index in [0.29, 0.717) is 13.1 Å². The zero-order chi connectivity index (χ0) is 19.4. The van der Waals surface area contributed by atoms with Crippen LogP contribution in [-0.4, -0.2) is 32.5 Å². The van der Waals surface area contributed by atoms with Gasteiger partial charge in [0.2, 0.25) is 11.8 Å². The molecule has 1 aliphatic rings. The first-order valence-corrected chi connectivity index (χ1v) is 9.41. The second-order valence-corrected chi connectivity index (χ2v) is 7.20. The molecule has 2 amide bonds. The summed E-state index contributed by atoms with van der Waals surface area (Å²) < 4.78 is 0.